The molecule has 1 amide bonds. The van der Waals surface area contributed by atoms with Crippen LogP contribution in [0.5, 0.6) is 0 Å². The number of amides is 1. The van der Waals surface area contributed by atoms with Crippen LogP contribution in [-0.4, -0.2) is 16.9 Å². The Bertz CT molecular complexity index is 990. The van der Waals surface area contributed by atoms with Crippen molar-refractivity contribution in [3.63, 3.8) is 0 Å². The lowest BCUT2D eigenvalue weighted by Crippen LogP contribution is -2.32. The van der Waals surface area contributed by atoms with Gasteiger partial charge in [0.15, 0.2) is 0 Å². The first-order valence-corrected chi connectivity index (χ1v) is 9.65. The van der Waals surface area contributed by atoms with Gasteiger partial charge in [-0.3, -0.25) is 4.79 Å². The number of nitrogens with zero attached hydrogens (tertiary/aromatic N) is 1. The summed E-state index contributed by atoms with van der Waals surface area (Å²) >= 11 is 0. The number of rotatable bonds is 4. The van der Waals surface area contributed by atoms with Crippen LogP contribution >= 0.6 is 0 Å². The quantitative estimate of drug-likeness (QED) is 0.667. The van der Waals surface area contributed by atoms with Crippen molar-refractivity contribution in [2.45, 2.75) is 45.6 Å². The number of carbonyl (C=O) groups is 1. The summed E-state index contributed by atoms with van der Waals surface area (Å²) in [6, 6.07) is 16.3. The molecule has 27 heavy (non-hydrogen) atoms. The van der Waals surface area contributed by atoms with Crippen LogP contribution in [0.1, 0.15) is 47.2 Å². The number of aromatic nitrogens is 1. The smallest absolute Gasteiger partial charge is 0.252 e. The monoisotopic (exact) mass is 359 g/mol. The number of nitrogens with one attached hydrogen (secondary N) is 2. The summed E-state index contributed by atoms with van der Waals surface area (Å²) < 4.78 is 0. The Morgan fingerprint density at radius 3 is 2.63 bits per heavy atom. The molecule has 0 bridgehead atoms. The maximum atomic E-state index is 13.0. The maximum Gasteiger partial charge on any atom is 0.252 e. The highest BCUT2D eigenvalue weighted by atomic mass is 16.1. The zero-order valence-corrected chi connectivity index (χ0v) is 15.9. The van der Waals surface area contributed by atoms with Gasteiger partial charge in [-0.1, -0.05) is 43.2 Å². The van der Waals surface area contributed by atoms with Crippen molar-refractivity contribution in [3.05, 3.63) is 65.2 Å². The first-order valence-electron chi connectivity index (χ1n) is 9.65. The third-order valence-corrected chi connectivity index (χ3v) is 5.31. The fourth-order valence-electron chi connectivity index (χ4n) is 3.77. The molecule has 138 valence electrons. The van der Waals surface area contributed by atoms with E-state index in [2.05, 4.69) is 42.7 Å². The lowest BCUT2D eigenvalue weighted by Gasteiger charge is -2.15. The molecule has 1 aliphatic carbocycles. The van der Waals surface area contributed by atoms with Crippen LogP contribution in [0.25, 0.3) is 10.9 Å². The number of fused-ring (bicyclic) bond motifs is 1. The van der Waals surface area contributed by atoms with Crippen molar-refractivity contribution in [1.29, 1.82) is 0 Å². The number of aryl methyl sites for hydroxylation is 2. The Hall–Kier alpha value is -2.88. The van der Waals surface area contributed by atoms with Gasteiger partial charge < -0.3 is 10.6 Å². The Kier molecular flexibility index (Phi) is 4.80. The first-order chi connectivity index (χ1) is 13.1. The molecule has 1 heterocycles. The second-order valence-corrected chi connectivity index (χ2v) is 7.47. The third-order valence-electron chi connectivity index (χ3n) is 5.31. The van der Waals surface area contributed by atoms with E-state index in [1.807, 2.05) is 30.3 Å². The minimum Gasteiger partial charge on any atom is -0.349 e. The molecule has 0 aliphatic heterocycles. The molecule has 0 spiro atoms. The fraction of sp³-hybridized carbons (Fsp3) is 0.304. The van der Waals surface area contributed by atoms with Crippen molar-refractivity contribution in [3.8, 4) is 0 Å². The van der Waals surface area contributed by atoms with Gasteiger partial charge >= 0.3 is 0 Å². The minimum absolute atomic E-state index is 0.00971. The third kappa shape index (κ3) is 3.80. The van der Waals surface area contributed by atoms with Gasteiger partial charge in [0.05, 0.1) is 11.1 Å². The number of hydrogen-bond donors (Lipinski definition) is 2. The van der Waals surface area contributed by atoms with E-state index in [-0.39, 0.29) is 5.91 Å². The molecular formula is C23H25N3O. The number of anilines is 2. The standard InChI is InChI=1S/C23H25N3O/c1-15-11-12-16(2)21(13-15)26-22-14-19(18-9-5-6-10-20(18)25-22)23(27)24-17-7-3-4-8-17/h5-6,9-14,17H,3-4,7-8H2,1-2H3,(H,24,27)(H,25,26). The van der Waals surface area contributed by atoms with Gasteiger partial charge in [0, 0.05) is 17.1 Å². The zero-order valence-electron chi connectivity index (χ0n) is 15.9. The van der Waals surface area contributed by atoms with E-state index in [4.69, 9.17) is 4.98 Å². The SMILES string of the molecule is Cc1ccc(C)c(Nc2cc(C(=O)NC3CCCC3)c3ccccc3n2)c1. The van der Waals surface area contributed by atoms with Gasteiger partial charge in [-0.2, -0.15) is 0 Å². The van der Waals surface area contributed by atoms with Crippen molar-refractivity contribution in [2.24, 2.45) is 0 Å². The second kappa shape index (κ2) is 7.39. The average molecular weight is 359 g/mol. The van der Waals surface area contributed by atoms with E-state index in [0.29, 0.717) is 17.4 Å². The van der Waals surface area contributed by atoms with Gasteiger partial charge in [0.25, 0.3) is 5.91 Å². The lowest BCUT2D eigenvalue weighted by atomic mass is 10.1. The van der Waals surface area contributed by atoms with Gasteiger partial charge in [-0.15, -0.1) is 0 Å². The minimum atomic E-state index is -0.00971. The van der Waals surface area contributed by atoms with Crippen LogP contribution < -0.4 is 10.6 Å². The second-order valence-electron chi connectivity index (χ2n) is 7.47. The van der Waals surface area contributed by atoms with Crippen LogP contribution in [0.3, 0.4) is 0 Å². The number of carbonyl (C=O) groups excluding carboxylic acids is 1. The first kappa shape index (κ1) is 17.5. The normalized spacial score (nSPS) is 14.4. The van der Waals surface area contributed by atoms with Crippen molar-refractivity contribution in [1.82, 2.24) is 10.3 Å². The van der Waals surface area contributed by atoms with Crippen molar-refractivity contribution < 1.29 is 4.79 Å². The molecule has 4 heteroatoms. The summed E-state index contributed by atoms with van der Waals surface area (Å²) in [5.41, 5.74) is 4.85. The topological polar surface area (TPSA) is 54.0 Å². The number of pyridine rings is 1. The van der Waals surface area contributed by atoms with Gasteiger partial charge in [0.2, 0.25) is 0 Å². The van der Waals surface area contributed by atoms with E-state index >= 15 is 0 Å². The highest BCUT2D eigenvalue weighted by Crippen LogP contribution is 2.26. The molecule has 3 aromatic rings. The molecule has 1 aliphatic rings. The highest BCUT2D eigenvalue weighted by molar-refractivity contribution is 6.07. The molecule has 2 aromatic carbocycles. The van der Waals surface area contributed by atoms with Crippen LogP contribution in [0.15, 0.2) is 48.5 Å². The molecule has 0 atom stereocenters. The Labute approximate surface area is 160 Å². The summed E-state index contributed by atoms with van der Waals surface area (Å²) in [7, 11) is 0. The zero-order chi connectivity index (χ0) is 18.8. The largest absolute Gasteiger partial charge is 0.349 e. The van der Waals surface area contributed by atoms with Gasteiger partial charge in [-0.05, 0) is 56.0 Å². The maximum absolute atomic E-state index is 13.0. The molecule has 0 unspecified atom stereocenters. The van der Waals surface area contributed by atoms with E-state index in [1.165, 1.54) is 18.4 Å². The molecule has 1 saturated carbocycles. The van der Waals surface area contributed by atoms with E-state index in [1.54, 1.807) is 0 Å². The summed E-state index contributed by atoms with van der Waals surface area (Å²) in [5, 5.41) is 7.50. The molecule has 1 aromatic heterocycles. The molecule has 4 nitrogen and oxygen atoms in total. The van der Waals surface area contributed by atoms with Crippen molar-refractivity contribution >= 4 is 28.3 Å². The van der Waals surface area contributed by atoms with Crippen LogP contribution in [0, 0.1) is 13.8 Å². The highest BCUT2D eigenvalue weighted by Gasteiger charge is 2.20. The molecule has 0 radical (unpaired) electrons. The Morgan fingerprint density at radius 2 is 1.81 bits per heavy atom. The Morgan fingerprint density at radius 1 is 1.04 bits per heavy atom. The average Bonchev–Trinajstić information content (AvgIpc) is 3.17. The van der Waals surface area contributed by atoms with Gasteiger partial charge in [0.1, 0.15) is 5.82 Å². The van der Waals surface area contributed by atoms with Crippen LogP contribution in [0.2, 0.25) is 0 Å². The van der Waals surface area contributed by atoms with E-state index < -0.39 is 0 Å². The molecule has 1 fully saturated rings. The van der Waals surface area contributed by atoms with E-state index in [9.17, 15) is 4.79 Å². The van der Waals surface area contributed by atoms with Crippen LogP contribution in [-0.2, 0) is 0 Å². The van der Waals surface area contributed by atoms with E-state index in [0.717, 1.165) is 35.0 Å². The summed E-state index contributed by atoms with van der Waals surface area (Å²) in [4.78, 5) is 17.7. The predicted molar refractivity (Wildman–Crippen MR) is 111 cm³/mol. The fourth-order valence-corrected chi connectivity index (χ4v) is 3.77. The molecule has 4 rings (SSSR count). The van der Waals surface area contributed by atoms with Crippen molar-refractivity contribution in [2.75, 3.05) is 5.32 Å². The predicted octanol–water partition coefficient (Wildman–Crippen LogP) is 5.27. The number of hydrogen-bond acceptors (Lipinski definition) is 3. The van der Waals surface area contributed by atoms with Gasteiger partial charge in [-0.25, -0.2) is 4.98 Å². The Balaban J connectivity index is 1.71. The number of para-hydroxylation sites is 1. The summed E-state index contributed by atoms with van der Waals surface area (Å²) in [5.74, 6) is 0.684. The molecule has 0 saturated heterocycles. The molecular weight excluding hydrogens is 334 g/mol. The lowest BCUT2D eigenvalue weighted by molar-refractivity contribution is 0.0939. The molecule has 2 N–H and O–H groups in total. The number of benzene rings is 2. The van der Waals surface area contributed by atoms with Crippen LogP contribution in [0.4, 0.5) is 11.5 Å². The summed E-state index contributed by atoms with van der Waals surface area (Å²) in [6.07, 6.45) is 4.54. The summed E-state index contributed by atoms with van der Waals surface area (Å²) in [6.45, 7) is 4.13.